The molecule has 1 aromatic heterocycles. The molecule has 0 spiro atoms. The number of piperazine rings is 1. The summed E-state index contributed by atoms with van der Waals surface area (Å²) in [6.45, 7) is 8.88. The van der Waals surface area contributed by atoms with Crippen LogP contribution in [0.2, 0.25) is 0 Å². The van der Waals surface area contributed by atoms with Gasteiger partial charge in [0.15, 0.2) is 0 Å². The summed E-state index contributed by atoms with van der Waals surface area (Å²) in [6.07, 6.45) is 0. The molecule has 6 nitrogen and oxygen atoms in total. The summed E-state index contributed by atoms with van der Waals surface area (Å²) in [5.74, 6) is 0.620. The highest BCUT2D eigenvalue weighted by atomic mass is 16.2. The normalized spacial score (nSPS) is 15.1. The first kappa shape index (κ1) is 18.3. The van der Waals surface area contributed by atoms with Crippen molar-refractivity contribution in [3.05, 3.63) is 53.3 Å². The van der Waals surface area contributed by atoms with Crippen molar-refractivity contribution >= 4 is 11.9 Å². The van der Waals surface area contributed by atoms with Gasteiger partial charge in [-0.3, -0.25) is 4.79 Å². The zero-order valence-corrected chi connectivity index (χ0v) is 15.9. The van der Waals surface area contributed by atoms with Gasteiger partial charge < -0.3 is 14.7 Å². The van der Waals surface area contributed by atoms with Crippen LogP contribution in [-0.4, -0.2) is 65.4 Å². The Bertz CT molecular complexity index is 741. The number of carbonyl (C=O) groups excluding carboxylic acids is 1. The predicted octanol–water partition coefficient (Wildman–Crippen LogP) is 2.20. The van der Waals surface area contributed by atoms with Crippen molar-refractivity contribution in [2.24, 2.45) is 0 Å². The summed E-state index contributed by atoms with van der Waals surface area (Å²) in [5, 5.41) is 0. The van der Waals surface area contributed by atoms with Crippen molar-refractivity contribution in [1.82, 2.24) is 19.8 Å². The molecule has 2 aromatic rings. The molecule has 3 rings (SSSR count). The number of hydrogen-bond acceptors (Lipinski definition) is 5. The van der Waals surface area contributed by atoms with Crippen LogP contribution < -0.4 is 4.90 Å². The third kappa shape index (κ3) is 4.38. The fraction of sp³-hybridized carbons (Fsp3) is 0.450. The highest BCUT2D eigenvalue weighted by molar-refractivity contribution is 5.92. The van der Waals surface area contributed by atoms with E-state index in [1.165, 1.54) is 0 Å². The van der Waals surface area contributed by atoms with Crippen LogP contribution in [-0.2, 0) is 6.54 Å². The minimum absolute atomic E-state index is 0.0442. The van der Waals surface area contributed by atoms with Crippen LogP contribution in [0, 0.1) is 6.92 Å². The first-order valence-corrected chi connectivity index (χ1v) is 9.19. The molecule has 1 fully saturated rings. The van der Waals surface area contributed by atoms with E-state index in [9.17, 15) is 4.79 Å². The fourth-order valence-electron chi connectivity index (χ4n) is 3.10. The van der Waals surface area contributed by atoms with Crippen molar-refractivity contribution in [3.63, 3.8) is 0 Å². The third-order valence-electron chi connectivity index (χ3n) is 4.73. The summed E-state index contributed by atoms with van der Waals surface area (Å²) < 4.78 is 0. The molecule has 1 saturated heterocycles. The number of carbonyl (C=O) groups is 1. The number of hydrogen-bond donors (Lipinski definition) is 0. The Balaban J connectivity index is 1.79. The van der Waals surface area contributed by atoms with Gasteiger partial charge in [-0.15, -0.1) is 0 Å². The summed E-state index contributed by atoms with van der Waals surface area (Å²) in [5.41, 5.74) is 2.42. The molecule has 0 radical (unpaired) electrons. The molecule has 6 heteroatoms. The van der Waals surface area contributed by atoms with Crippen molar-refractivity contribution < 1.29 is 4.79 Å². The van der Waals surface area contributed by atoms with E-state index in [-0.39, 0.29) is 5.91 Å². The van der Waals surface area contributed by atoms with E-state index >= 15 is 0 Å². The highest BCUT2D eigenvalue weighted by Crippen LogP contribution is 2.15. The molecule has 0 bridgehead atoms. The summed E-state index contributed by atoms with van der Waals surface area (Å²) in [7, 11) is 2.12. The lowest BCUT2D eigenvalue weighted by Crippen LogP contribution is -2.45. The van der Waals surface area contributed by atoms with Gasteiger partial charge in [-0.2, -0.15) is 0 Å². The van der Waals surface area contributed by atoms with Crippen LogP contribution in [0.5, 0.6) is 0 Å². The second-order valence-electron chi connectivity index (χ2n) is 6.79. The van der Waals surface area contributed by atoms with E-state index in [1.54, 1.807) is 6.07 Å². The largest absolute Gasteiger partial charge is 0.338 e. The van der Waals surface area contributed by atoms with E-state index in [0.717, 1.165) is 37.4 Å². The minimum atomic E-state index is -0.0442. The second-order valence-corrected chi connectivity index (χ2v) is 6.79. The number of amides is 1. The maximum Gasteiger partial charge on any atom is 0.272 e. The third-order valence-corrected chi connectivity index (χ3v) is 4.73. The number of aromatic nitrogens is 2. The smallest absolute Gasteiger partial charge is 0.272 e. The van der Waals surface area contributed by atoms with E-state index in [4.69, 9.17) is 0 Å². The maximum atomic E-state index is 13.0. The van der Waals surface area contributed by atoms with Gasteiger partial charge in [-0.05, 0) is 32.5 Å². The standard InChI is InChI=1S/C20H27N5O/c1-4-24(15-17-8-6-5-7-9-17)19(26)18-14-16(2)21-20(22-18)25-12-10-23(3)11-13-25/h5-9,14H,4,10-13,15H2,1-3H3. The van der Waals surface area contributed by atoms with Crippen molar-refractivity contribution in [3.8, 4) is 0 Å². The zero-order valence-electron chi connectivity index (χ0n) is 15.9. The van der Waals surface area contributed by atoms with Gasteiger partial charge in [0.1, 0.15) is 5.69 Å². The Morgan fingerprint density at radius 3 is 2.46 bits per heavy atom. The van der Waals surface area contributed by atoms with Crippen molar-refractivity contribution in [2.45, 2.75) is 20.4 Å². The predicted molar refractivity (Wildman–Crippen MR) is 103 cm³/mol. The van der Waals surface area contributed by atoms with Crippen LogP contribution in [0.15, 0.2) is 36.4 Å². The van der Waals surface area contributed by atoms with Gasteiger partial charge in [-0.1, -0.05) is 30.3 Å². The van der Waals surface area contributed by atoms with Gasteiger partial charge in [0.25, 0.3) is 5.91 Å². The molecule has 0 unspecified atom stereocenters. The molecule has 0 aliphatic carbocycles. The number of aryl methyl sites for hydroxylation is 1. The summed E-state index contributed by atoms with van der Waals surface area (Å²) in [4.78, 5) is 28.5. The number of likely N-dealkylation sites (N-methyl/N-ethyl adjacent to an activating group) is 1. The topological polar surface area (TPSA) is 52.6 Å². The van der Waals surface area contributed by atoms with Gasteiger partial charge in [0.05, 0.1) is 0 Å². The second kappa shape index (κ2) is 8.27. The number of anilines is 1. The molecule has 138 valence electrons. The first-order valence-electron chi connectivity index (χ1n) is 9.19. The number of rotatable bonds is 5. The van der Waals surface area contributed by atoms with Gasteiger partial charge >= 0.3 is 0 Å². The highest BCUT2D eigenvalue weighted by Gasteiger charge is 2.21. The molecule has 0 N–H and O–H groups in total. The zero-order chi connectivity index (χ0) is 18.5. The van der Waals surface area contributed by atoms with Crippen LogP contribution >= 0.6 is 0 Å². The Morgan fingerprint density at radius 2 is 1.81 bits per heavy atom. The number of nitrogens with zero attached hydrogens (tertiary/aromatic N) is 5. The molecular weight excluding hydrogens is 326 g/mol. The Hall–Kier alpha value is -2.47. The van der Waals surface area contributed by atoms with Crippen LogP contribution in [0.1, 0.15) is 28.7 Å². The van der Waals surface area contributed by atoms with Crippen molar-refractivity contribution in [1.29, 1.82) is 0 Å². The van der Waals surface area contributed by atoms with Crippen LogP contribution in [0.4, 0.5) is 5.95 Å². The van der Waals surface area contributed by atoms with Crippen LogP contribution in [0.3, 0.4) is 0 Å². The summed E-state index contributed by atoms with van der Waals surface area (Å²) >= 11 is 0. The molecule has 1 amide bonds. The molecule has 0 saturated carbocycles. The lowest BCUT2D eigenvalue weighted by molar-refractivity contribution is 0.0746. The Morgan fingerprint density at radius 1 is 1.12 bits per heavy atom. The van der Waals surface area contributed by atoms with E-state index in [1.807, 2.05) is 49.1 Å². The lowest BCUT2D eigenvalue weighted by atomic mass is 10.2. The minimum Gasteiger partial charge on any atom is -0.338 e. The Labute approximate surface area is 155 Å². The molecule has 0 atom stereocenters. The van der Waals surface area contributed by atoms with Gasteiger partial charge in [-0.25, -0.2) is 9.97 Å². The van der Waals surface area contributed by atoms with E-state index in [0.29, 0.717) is 24.7 Å². The fourth-order valence-corrected chi connectivity index (χ4v) is 3.10. The average molecular weight is 353 g/mol. The molecule has 2 heterocycles. The van der Waals surface area contributed by atoms with Crippen LogP contribution in [0.25, 0.3) is 0 Å². The molecule has 1 aliphatic rings. The van der Waals surface area contributed by atoms with Gasteiger partial charge in [0, 0.05) is 45.0 Å². The average Bonchev–Trinajstić information content (AvgIpc) is 2.66. The molecule has 1 aromatic carbocycles. The van der Waals surface area contributed by atoms with E-state index < -0.39 is 0 Å². The SMILES string of the molecule is CCN(Cc1ccccc1)C(=O)c1cc(C)nc(N2CCN(C)CC2)n1. The molecular formula is C20H27N5O. The number of benzene rings is 1. The molecule has 26 heavy (non-hydrogen) atoms. The van der Waals surface area contributed by atoms with Crippen molar-refractivity contribution in [2.75, 3.05) is 44.7 Å². The monoisotopic (exact) mass is 353 g/mol. The van der Waals surface area contributed by atoms with Gasteiger partial charge in [0.2, 0.25) is 5.95 Å². The first-order chi connectivity index (χ1) is 12.6. The maximum absolute atomic E-state index is 13.0. The van der Waals surface area contributed by atoms with E-state index in [2.05, 4.69) is 26.8 Å². The quantitative estimate of drug-likeness (QED) is 0.825. The Kier molecular flexibility index (Phi) is 5.83. The molecule has 1 aliphatic heterocycles. The summed E-state index contributed by atoms with van der Waals surface area (Å²) in [6, 6.07) is 11.8. The lowest BCUT2D eigenvalue weighted by Gasteiger charge is -2.32.